The summed E-state index contributed by atoms with van der Waals surface area (Å²) in [6.45, 7) is 1.94. The summed E-state index contributed by atoms with van der Waals surface area (Å²) in [6, 6.07) is 1.28. The molecule has 0 aliphatic carbocycles. The average Bonchev–Trinajstić information content (AvgIpc) is 2.96. The van der Waals surface area contributed by atoms with Crippen molar-refractivity contribution in [1.82, 2.24) is 14.7 Å². The molecule has 5 nitrogen and oxygen atoms in total. The van der Waals surface area contributed by atoms with Crippen molar-refractivity contribution >= 4 is 11.5 Å². The highest BCUT2D eigenvalue weighted by molar-refractivity contribution is 7.07. The van der Waals surface area contributed by atoms with Gasteiger partial charge in [0.15, 0.2) is 5.82 Å². The van der Waals surface area contributed by atoms with Gasteiger partial charge in [-0.2, -0.15) is 9.36 Å². The van der Waals surface area contributed by atoms with E-state index in [4.69, 9.17) is 9.47 Å². The zero-order valence-electron chi connectivity index (χ0n) is 10.8. The van der Waals surface area contributed by atoms with Gasteiger partial charge in [-0.25, -0.2) is 0 Å². The van der Waals surface area contributed by atoms with E-state index in [9.17, 15) is 0 Å². The molecule has 1 aromatic rings. The summed E-state index contributed by atoms with van der Waals surface area (Å²) in [5.41, 5.74) is 0. The van der Waals surface area contributed by atoms with Crippen molar-refractivity contribution < 1.29 is 9.47 Å². The molecule has 3 heterocycles. The maximum atomic E-state index is 5.96. The molecule has 18 heavy (non-hydrogen) atoms. The zero-order valence-corrected chi connectivity index (χ0v) is 11.6. The van der Waals surface area contributed by atoms with E-state index in [2.05, 4.69) is 14.7 Å². The van der Waals surface area contributed by atoms with Gasteiger partial charge >= 0.3 is 0 Å². The third-order valence-corrected chi connectivity index (χ3v) is 4.46. The molecule has 2 bridgehead atoms. The van der Waals surface area contributed by atoms with Gasteiger partial charge < -0.3 is 14.8 Å². The Labute approximate surface area is 111 Å². The van der Waals surface area contributed by atoms with E-state index in [0.717, 1.165) is 18.7 Å². The van der Waals surface area contributed by atoms with Crippen LogP contribution in [-0.2, 0) is 4.74 Å². The topological polar surface area (TPSA) is 56.3 Å². The lowest BCUT2D eigenvalue weighted by atomic mass is 10.0. The van der Waals surface area contributed by atoms with Crippen LogP contribution in [0.1, 0.15) is 44.5 Å². The number of ether oxygens (including phenoxy) is 2. The summed E-state index contributed by atoms with van der Waals surface area (Å²) in [5.74, 6) is 0.717. The molecule has 2 aliphatic heterocycles. The predicted molar refractivity (Wildman–Crippen MR) is 68.9 cm³/mol. The molecule has 100 valence electrons. The first kappa shape index (κ1) is 12.3. The molecule has 0 spiro atoms. The molecule has 1 N–H and O–H groups in total. The minimum Gasteiger partial charge on any atom is -0.466 e. The second-order valence-electron chi connectivity index (χ2n) is 5.15. The summed E-state index contributed by atoms with van der Waals surface area (Å²) < 4.78 is 15.4. The van der Waals surface area contributed by atoms with Crippen LogP contribution in [-0.4, -0.2) is 34.7 Å². The lowest BCUT2D eigenvalue weighted by Gasteiger charge is -2.28. The van der Waals surface area contributed by atoms with Gasteiger partial charge in [-0.15, -0.1) is 0 Å². The molecule has 3 rings (SSSR count). The average molecular weight is 269 g/mol. The minimum absolute atomic E-state index is 0.0668. The second-order valence-corrected chi connectivity index (χ2v) is 5.86. The van der Waals surface area contributed by atoms with Crippen molar-refractivity contribution in [2.45, 2.75) is 56.9 Å². The number of rotatable bonds is 4. The molecule has 3 atom stereocenters. The third-order valence-electron chi connectivity index (χ3n) is 3.84. The van der Waals surface area contributed by atoms with Crippen LogP contribution in [0.2, 0.25) is 0 Å². The number of hydrogen-bond acceptors (Lipinski definition) is 6. The van der Waals surface area contributed by atoms with Crippen molar-refractivity contribution in [3.05, 3.63) is 5.82 Å². The van der Waals surface area contributed by atoms with Gasteiger partial charge in [0.1, 0.15) is 12.2 Å². The Morgan fingerprint density at radius 3 is 2.72 bits per heavy atom. The van der Waals surface area contributed by atoms with E-state index in [-0.39, 0.29) is 6.10 Å². The molecule has 1 aromatic heterocycles. The summed E-state index contributed by atoms with van der Waals surface area (Å²) >= 11 is 1.33. The fraction of sp³-hybridized carbons (Fsp3) is 0.833. The molecule has 6 heteroatoms. The van der Waals surface area contributed by atoms with Crippen LogP contribution in [0, 0.1) is 0 Å². The normalized spacial score (nSPS) is 32.4. The largest absolute Gasteiger partial charge is 0.466 e. The molecular weight excluding hydrogens is 250 g/mol. The van der Waals surface area contributed by atoms with E-state index in [1.54, 1.807) is 7.11 Å². The Balaban J connectivity index is 1.61. The highest BCUT2D eigenvalue weighted by Gasteiger charge is 2.34. The third kappa shape index (κ3) is 2.50. The van der Waals surface area contributed by atoms with Crippen LogP contribution in [0.5, 0.6) is 5.19 Å². The number of hydrogen-bond donors (Lipinski definition) is 1. The molecule has 2 fully saturated rings. The summed E-state index contributed by atoms with van der Waals surface area (Å²) in [4.78, 5) is 4.39. The van der Waals surface area contributed by atoms with Crippen molar-refractivity contribution in [2.24, 2.45) is 0 Å². The Hall–Kier alpha value is -0.720. The number of fused-ring (bicyclic) bond motifs is 2. The maximum absolute atomic E-state index is 5.96. The van der Waals surface area contributed by atoms with Gasteiger partial charge in [0.25, 0.3) is 5.19 Å². The molecule has 2 aliphatic rings. The van der Waals surface area contributed by atoms with E-state index >= 15 is 0 Å². The van der Waals surface area contributed by atoms with E-state index in [1.807, 2.05) is 6.92 Å². The van der Waals surface area contributed by atoms with Crippen LogP contribution >= 0.6 is 11.5 Å². The SMILES string of the molecule is COC(C)c1nsc(OC2CC3CCC(C2)N3)n1. The Morgan fingerprint density at radius 1 is 1.33 bits per heavy atom. The Morgan fingerprint density at radius 2 is 2.06 bits per heavy atom. The number of nitrogens with one attached hydrogen (secondary N) is 1. The number of nitrogens with zero attached hydrogens (tertiary/aromatic N) is 2. The Bertz CT molecular complexity index is 400. The number of methoxy groups -OCH3 is 1. The number of piperidine rings is 1. The minimum atomic E-state index is -0.0668. The second kappa shape index (κ2) is 5.11. The molecular formula is C12H19N3O2S. The number of aromatic nitrogens is 2. The van der Waals surface area contributed by atoms with Crippen LogP contribution in [0.15, 0.2) is 0 Å². The van der Waals surface area contributed by atoms with Crippen LogP contribution in [0.25, 0.3) is 0 Å². The fourth-order valence-corrected chi connectivity index (χ4v) is 3.46. The maximum Gasteiger partial charge on any atom is 0.293 e. The fourth-order valence-electron chi connectivity index (χ4n) is 2.78. The van der Waals surface area contributed by atoms with E-state index in [0.29, 0.717) is 23.4 Å². The van der Waals surface area contributed by atoms with Gasteiger partial charge in [0.05, 0.1) is 0 Å². The molecule has 3 unspecified atom stereocenters. The summed E-state index contributed by atoms with van der Waals surface area (Å²) in [6.07, 6.45) is 4.97. The Kier molecular flexibility index (Phi) is 3.50. The van der Waals surface area contributed by atoms with Crippen molar-refractivity contribution in [3.8, 4) is 5.19 Å². The van der Waals surface area contributed by atoms with Crippen LogP contribution < -0.4 is 10.1 Å². The van der Waals surface area contributed by atoms with Gasteiger partial charge in [-0.1, -0.05) is 0 Å². The van der Waals surface area contributed by atoms with E-state index < -0.39 is 0 Å². The molecule has 0 amide bonds. The lowest BCUT2D eigenvalue weighted by Crippen LogP contribution is -2.42. The summed E-state index contributed by atoms with van der Waals surface area (Å²) in [7, 11) is 1.66. The van der Waals surface area contributed by atoms with Crippen molar-refractivity contribution in [3.63, 3.8) is 0 Å². The molecule has 0 saturated carbocycles. The van der Waals surface area contributed by atoms with Gasteiger partial charge in [-0.3, -0.25) is 0 Å². The highest BCUT2D eigenvalue weighted by atomic mass is 32.1. The predicted octanol–water partition coefficient (Wildman–Crippen LogP) is 1.91. The highest BCUT2D eigenvalue weighted by Crippen LogP contribution is 2.30. The lowest BCUT2D eigenvalue weighted by molar-refractivity contribution is 0.110. The van der Waals surface area contributed by atoms with Crippen LogP contribution in [0.4, 0.5) is 0 Å². The van der Waals surface area contributed by atoms with Crippen molar-refractivity contribution in [2.75, 3.05) is 7.11 Å². The molecule has 0 radical (unpaired) electrons. The first-order valence-corrected chi connectivity index (χ1v) is 7.31. The van der Waals surface area contributed by atoms with Crippen LogP contribution in [0.3, 0.4) is 0 Å². The van der Waals surface area contributed by atoms with Crippen molar-refractivity contribution in [1.29, 1.82) is 0 Å². The standard InChI is InChI=1S/C12H19N3O2S/c1-7(16-2)11-14-12(18-15-11)17-10-5-8-3-4-9(6-10)13-8/h7-10,13H,3-6H2,1-2H3. The molecule has 2 saturated heterocycles. The van der Waals surface area contributed by atoms with Gasteiger partial charge in [0, 0.05) is 30.7 Å². The zero-order chi connectivity index (χ0) is 12.5. The van der Waals surface area contributed by atoms with Gasteiger partial charge in [-0.05, 0) is 32.6 Å². The first-order chi connectivity index (χ1) is 8.74. The summed E-state index contributed by atoms with van der Waals surface area (Å²) in [5, 5.41) is 4.29. The molecule has 0 aromatic carbocycles. The smallest absolute Gasteiger partial charge is 0.293 e. The van der Waals surface area contributed by atoms with Gasteiger partial charge in [0.2, 0.25) is 0 Å². The quantitative estimate of drug-likeness (QED) is 0.905. The van der Waals surface area contributed by atoms with E-state index in [1.165, 1.54) is 24.4 Å². The first-order valence-electron chi connectivity index (χ1n) is 6.53. The monoisotopic (exact) mass is 269 g/mol.